The Morgan fingerprint density at radius 3 is 2.56 bits per heavy atom. The van der Waals surface area contributed by atoms with Gasteiger partial charge >= 0.3 is 0 Å². The van der Waals surface area contributed by atoms with Crippen LogP contribution in [0.15, 0.2) is 42.5 Å². The maximum absolute atomic E-state index is 13.1. The summed E-state index contributed by atoms with van der Waals surface area (Å²) >= 11 is 0. The first kappa shape index (κ1) is 11.7. The Kier molecular flexibility index (Phi) is 2.65. The van der Waals surface area contributed by atoms with Gasteiger partial charge in [-0.1, -0.05) is 35.9 Å². The van der Waals surface area contributed by atoms with Gasteiger partial charge in [0.1, 0.15) is 0 Å². The van der Waals surface area contributed by atoms with E-state index in [-0.39, 0.29) is 0 Å². The lowest BCUT2D eigenvalue weighted by molar-refractivity contribution is 0.330. The van der Waals surface area contributed by atoms with Gasteiger partial charge in [-0.25, -0.2) is 0 Å². The van der Waals surface area contributed by atoms with Crippen molar-refractivity contribution in [2.75, 3.05) is 0 Å². The van der Waals surface area contributed by atoms with Crippen LogP contribution >= 0.6 is 7.37 Å². The molecule has 0 aliphatic carbocycles. The highest BCUT2D eigenvalue weighted by molar-refractivity contribution is 7.74. The summed E-state index contributed by atoms with van der Waals surface area (Å²) in [5, 5.41) is 1.69. The average Bonchev–Trinajstić information content (AvgIpc) is 2.69. The molecule has 0 radical (unpaired) electrons. The van der Waals surface area contributed by atoms with Gasteiger partial charge in [-0.3, -0.25) is 4.57 Å². The minimum atomic E-state index is -2.87. The van der Waals surface area contributed by atoms with Crippen molar-refractivity contribution < 1.29 is 9.09 Å². The Labute approximate surface area is 107 Å². The highest BCUT2D eigenvalue weighted by atomic mass is 31.2. The molecule has 1 aliphatic heterocycles. The van der Waals surface area contributed by atoms with Crippen molar-refractivity contribution in [2.45, 2.75) is 20.5 Å². The van der Waals surface area contributed by atoms with Crippen LogP contribution in [-0.2, 0) is 15.7 Å². The number of rotatable bonds is 1. The Balaban J connectivity index is 2.24. The summed E-state index contributed by atoms with van der Waals surface area (Å²) in [5.74, 6) is 0. The molecule has 0 saturated heterocycles. The van der Waals surface area contributed by atoms with Crippen molar-refractivity contribution in [1.82, 2.24) is 0 Å². The van der Waals surface area contributed by atoms with Crippen molar-refractivity contribution >= 4 is 18.0 Å². The quantitative estimate of drug-likeness (QED) is 0.735. The van der Waals surface area contributed by atoms with Crippen LogP contribution in [0.3, 0.4) is 0 Å². The standard InChI is InChI=1S/C15H15O2P/c1-11-8-12(2)15-13(9-11)10-17-18(15,16)14-6-4-3-5-7-14/h3-9H,10H2,1-2H3. The predicted octanol–water partition coefficient (Wildman–Crippen LogP) is 3.06. The highest BCUT2D eigenvalue weighted by Crippen LogP contribution is 2.51. The van der Waals surface area contributed by atoms with Crippen molar-refractivity contribution in [3.8, 4) is 0 Å². The zero-order valence-electron chi connectivity index (χ0n) is 10.5. The van der Waals surface area contributed by atoms with E-state index in [0.717, 1.165) is 21.7 Å². The van der Waals surface area contributed by atoms with Crippen molar-refractivity contribution in [2.24, 2.45) is 0 Å². The fourth-order valence-corrected chi connectivity index (χ4v) is 5.09. The molecule has 0 saturated carbocycles. The summed E-state index contributed by atoms with van der Waals surface area (Å²) in [5.41, 5.74) is 3.32. The third-order valence-electron chi connectivity index (χ3n) is 3.32. The van der Waals surface area contributed by atoms with E-state index in [1.807, 2.05) is 37.3 Å². The molecule has 2 aromatic carbocycles. The lowest BCUT2D eigenvalue weighted by Gasteiger charge is -2.14. The fraction of sp³-hybridized carbons (Fsp3) is 0.200. The molecule has 0 bridgehead atoms. The first-order chi connectivity index (χ1) is 8.61. The molecule has 1 heterocycles. The molecule has 18 heavy (non-hydrogen) atoms. The van der Waals surface area contributed by atoms with Crippen molar-refractivity contribution in [3.05, 3.63) is 59.2 Å². The van der Waals surface area contributed by atoms with Crippen LogP contribution in [0, 0.1) is 13.8 Å². The Morgan fingerprint density at radius 1 is 1.11 bits per heavy atom. The summed E-state index contributed by atoms with van der Waals surface area (Å²) < 4.78 is 18.8. The van der Waals surface area contributed by atoms with Crippen molar-refractivity contribution in [3.63, 3.8) is 0 Å². The Bertz CT molecular complexity index is 647. The van der Waals surface area contributed by atoms with Gasteiger partial charge in [-0.15, -0.1) is 0 Å². The smallest absolute Gasteiger partial charge is 0.262 e. The van der Waals surface area contributed by atoms with Crippen LogP contribution in [0.5, 0.6) is 0 Å². The summed E-state index contributed by atoms with van der Waals surface area (Å²) in [6.07, 6.45) is 0. The first-order valence-electron chi connectivity index (χ1n) is 6.02. The number of hydrogen-bond acceptors (Lipinski definition) is 2. The van der Waals surface area contributed by atoms with Crippen LogP contribution < -0.4 is 10.6 Å². The van der Waals surface area contributed by atoms with Crippen LogP contribution in [0.4, 0.5) is 0 Å². The lowest BCUT2D eigenvalue weighted by atomic mass is 10.1. The average molecular weight is 258 g/mol. The van der Waals surface area contributed by atoms with E-state index in [9.17, 15) is 4.57 Å². The summed E-state index contributed by atoms with van der Waals surface area (Å²) in [6.45, 7) is 4.51. The third kappa shape index (κ3) is 1.65. The number of hydrogen-bond donors (Lipinski definition) is 0. The lowest BCUT2D eigenvalue weighted by Crippen LogP contribution is -2.17. The van der Waals surface area contributed by atoms with Gasteiger partial charge in [0.15, 0.2) is 0 Å². The topological polar surface area (TPSA) is 26.3 Å². The number of fused-ring (bicyclic) bond motifs is 1. The van der Waals surface area contributed by atoms with Gasteiger partial charge in [-0.2, -0.15) is 0 Å². The molecule has 0 N–H and O–H groups in total. The van der Waals surface area contributed by atoms with E-state index >= 15 is 0 Å². The van der Waals surface area contributed by atoms with E-state index in [0.29, 0.717) is 6.61 Å². The van der Waals surface area contributed by atoms with Gasteiger partial charge in [0, 0.05) is 10.6 Å². The van der Waals surface area contributed by atoms with E-state index in [2.05, 4.69) is 19.1 Å². The molecule has 2 nitrogen and oxygen atoms in total. The van der Waals surface area contributed by atoms with E-state index in [1.165, 1.54) is 5.56 Å². The monoisotopic (exact) mass is 258 g/mol. The molecule has 2 aromatic rings. The summed E-state index contributed by atoms with van der Waals surface area (Å²) in [7, 11) is -2.87. The van der Waals surface area contributed by atoms with E-state index < -0.39 is 7.37 Å². The Morgan fingerprint density at radius 2 is 1.83 bits per heavy atom. The normalized spacial score (nSPS) is 21.9. The minimum Gasteiger partial charge on any atom is -0.317 e. The second-order valence-electron chi connectivity index (χ2n) is 4.75. The maximum atomic E-state index is 13.1. The molecular formula is C15H15O2P. The van der Waals surface area contributed by atoms with Crippen LogP contribution in [0.1, 0.15) is 16.7 Å². The second-order valence-corrected chi connectivity index (χ2v) is 7.07. The molecule has 0 spiro atoms. The van der Waals surface area contributed by atoms with E-state index in [4.69, 9.17) is 4.52 Å². The van der Waals surface area contributed by atoms with Gasteiger partial charge in [0.2, 0.25) is 0 Å². The van der Waals surface area contributed by atoms with Crippen molar-refractivity contribution in [1.29, 1.82) is 0 Å². The molecule has 0 amide bonds. The maximum Gasteiger partial charge on any atom is 0.262 e. The van der Waals surface area contributed by atoms with Crippen LogP contribution in [0.25, 0.3) is 0 Å². The minimum absolute atomic E-state index is 0.448. The van der Waals surface area contributed by atoms with Gasteiger partial charge in [-0.05, 0) is 37.1 Å². The fourth-order valence-electron chi connectivity index (χ4n) is 2.63. The van der Waals surface area contributed by atoms with Gasteiger partial charge in [0.25, 0.3) is 7.37 Å². The molecule has 92 valence electrons. The second kappa shape index (κ2) is 4.08. The molecule has 3 rings (SSSR count). The SMILES string of the molecule is Cc1cc(C)c2c(c1)COP2(=O)c1ccccc1. The largest absolute Gasteiger partial charge is 0.317 e. The molecular weight excluding hydrogens is 243 g/mol. The summed E-state index contributed by atoms with van der Waals surface area (Å²) in [4.78, 5) is 0. The number of benzene rings is 2. The number of aryl methyl sites for hydroxylation is 2. The van der Waals surface area contributed by atoms with E-state index in [1.54, 1.807) is 0 Å². The van der Waals surface area contributed by atoms with Gasteiger partial charge in [0.05, 0.1) is 6.61 Å². The molecule has 3 heteroatoms. The predicted molar refractivity (Wildman–Crippen MR) is 74.0 cm³/mol. The van der Waals surface area contributed by atoms with Crippen LogP contribution in [-0.4, -0.2) is 0 Å². The van der Waals surface area contributed by atoms with Gasteiger partial charge < -0.3 is 4.52 Å². The molecule has 1 unspecified atom stereocenters. The summed E-state index contributed by atoms with van der Waals surface area (Å²) in [6, 6.07) is 13.6. The Hall–Kier alpha value is -1.37. The zero-order valence-corrected chi connectivity index (χ0v) is 11.4. The highest BCUT2D eigenvalue weighted by Gasteiger charge is 2.37. The molecule has 1 atom stereocenters. The third-order valence-corrected chi connectivity index (χ3v) is 6.02. The molecule has 1 aliphatic rings. The molecule has 0 fully saturated rings. The van der Waals surface area contributed by atoms with Crippen LogP contribution in [0.2, 0.25) is 0 Å². The zero-order chi connectivity index (χ0) is 12.8. The molecule has 0 aromatic heterocycles. The first-order valence-corrected chi connectivity index (χ1v) is 7.64.